The van der Waals surface area contributed by atoms with Crippen molar-refractivity contribution in [3.8, 4) is 0 Å². The van der Waals surface area contributed by atoms with E-state index in [4.69, 9.17) is 4.74 Å². The monoisotopic (exact) mass is 201 g/mol. The first-order valence-electron chi connectivity index (χ1n) is 5.16. The molecule has 0 saturated carbocycles. The van der Waals surface area contributed by atoms with E-state index >= 15 is 0 Å². The number of carbonyl (C=O) groups is 1. The predicted molar refractivity (Wildman–Crippen MR) is 58.3 cm³/mol. The fourth-order valence-electron chi connectivity index (χ4n) is 1.33. The number of ether oxygens (including phenoxy) is 1. The van der Waals surface area contributed by atoms with Crippen molar-refractivity contribution < 1.29 is 9.53 Å². The van der Waals surface area contributed by atoms with E-state index < -0.39 is 5.60 Å². The maximum absolute atomic E-state index is 11.7. The van der Waals surface area contributed by atoms with E-state index in [0.29, 0.717) is 0 Å². The van der Waals surface area contributed by atoms with Gasteiger partial charge >= 0.3 is 6.09 Å². The molecule has 0 fully saturated rings. The summed E-state index contributed by atoms with van der Waals surface area (Å²) in [6.07, 6.45) is -0.234. The Balaban J connectivity index is 4.47. The molecule has 0 saturated heterocycles. The van der Waals surface area contributed by atoms with E-state index in [1.165, 1.54) is 0 Å². The lowest BCUT2D eigenvalue weighted by Gasteiger charge is -2.32. The summed E-state index contributed by atoms with van der Waals surface area (Å²) in [6.45, 7) is 13.6. The molecule has 0 atom stereocenters. The van der Waals surface area contributed by atoms with Crippen LogP contribution in [0.2, 0.25) is 0 Å². The third-order valence-electron chi connectivity index (χ3n) is 1.72. The predicted octanol–water partition coefficient (Wildman–Crippen LogP) is 3.04. The van der Waals surface area contributed by atoms with Gasteiger partial charge in [0.25, 0.3) is 0 Å². The highest BCUT2D eigenvalue weighted by Gasteiger charge is 2.25. The molecule has 0 aliphatic rings. The minimum absolute atomic E-state index is 0.171. The Bertz CT molecular complexity index is 184. The molecule has 3 nitrogen and oxygen atoms in total. The van der Waals surface area contributed by atoms with Crippen molar-refractivity contribution in [1.82, 2.24) is 4.90 Å². The van der Waals surface area contributed by atoms with Crippen LogP contribution in [0.4, 0.5) is 4.79 Å². The van der Waals surface area contributed by atoms with Crippen LogP contribution in [0.3, 0.4) is 0 Å². The van der Waals surface area contributed by atoms with E-state index in [0.717, 1.165) is 0 Å². The summed E-state index contributed by atoms with van der Waals surface area (Å²) in [5, 5.41) is 0. The van der Waals surface area contributed by atoms with Crippen molar-refractivity contribution in [2.24, 2.45) is 0 Å². The van der Waals surface area contributed by atoms with E-state index in [9.17, 15) is 4.79 Å². The Hall–Kier alpha value is -0.730. The number of amides is 1. The summed E-state index contributed by atoms with van der Waals surface area (Å²) in [4.78, 5) is 13.5. The number of carbonyl (C=O) groups excluding carboxylic acids is 1. The first kappa shape index (κ1) is 13.3. The molecule has 1 amide bonds. The highest BCUT2D eigenvalue weighted by Crippen LogP contribution is 2.14. The minimum Gasteiger partial charge on any atom is -0.444 e. The number of rotatable bonds is 2. The van der Waals surface area contributed by atoms with Gasteiger partial charge in [-0.2, -0.15) is 0 Å². The summed E-state index contributed by atoms with van der Waals surface area (Å²) in [5.41, 5.74) is -0.418. The third kappa shape index (κ3) is 4.49. The maximum Gasteiger partial charge on any atom is 0.410 e. The van der Waals surface area contributed by atoms with Gasteiger partial charge in [0.15, 0.2) is 0 Å². The molecule has 84 valence electrons. The average molecular weight is 201 g/mol. The number of hydrogen-bond donors (Lipinski definition) is 0. The average Bonchev–Trinajstić information content (AvgIpc) is 1.78. The van der Waals surface area contributed by atoms with Gasteiger partial charge in [-0.25, -0.2) is 4.79 Å². The summed E-state index contributed by atoms with van der Waals surface area (Å²) < 4.78 is 5.31. The lowest BCUT2D eigenvalue weighted by Crippen LogP contribution is -2.44. The molecule has 0 aromatic rings. The Morgan fingerprint density at radius 2 is 1.43 bits per heavy atom. The topological polar surface area (TPSA) is 29.5 Å². The second-order valence-corrected chi connectivity index (χ2v) is 5.08. The molecule has 0 rings (SSSR count). The highest BCUT2D eigenvalue weighted by atomic mass is 16.6. The van der Waals surface area contributed by atoms with Crippen LogP contribution < -0.4 is 0 Å². The first-order chi connectivity index (χ1) is 6.15. The zero-order chi connectivity index (χ0) is 11.5. The molecule has 0 N–H and O–H groups in total. The Kier molecular flexibility index (Phi) is 4.43. The molecule has 0 bridgehead atoms. The van der Waals surface area contributed by atoms with Gasteiger partial charge in [-0.3, -0.25) is 0 Å². The largest absolute Gasteiger partial charge is 0.444 e. The molecule has 0 spiro atoms. The normalized spacial score (nSPS) is 12.1. The van der Waals surface area contributed by atoms with E-state index in [2.05, 4.69) is 0 Å². The molecular formula is C11H23NO2. The van der Waals surface area contributed by atoms with Crippen molar-refractivity contribution in [2.45, 2.75) is 66.2 Å². The molecule has 0 heterocycles. The maximum atomic E-state index is 11.7. The van der Waals surface area contributed by atoms with Crippen molar-refractivity contribution in [3.05, 3.63) is 0 Å². The zero-order valence-electron chi connectivity index (χ0n) is 10.4. The second-order valence-electron chi connectivity index (χ2n) is 5.08. The summed E-state index contributed by atoms with van der Waals surface area (Å²) in [6, 6.07) is 0.342. The van der Waals surface area contributed by atoms with Gasteiger partial charge < -0.3 is 9.64 Å². The first-order valence-corrected chi connectivity index (χ1v) is 5.16. The molecule has 0 aromatic carbocycles. The Labute approximate surface area is 87.4 Å². The molecule has 0 aliphatic heterocycles. The third-order valence-corrected chi connectivity index (χ3v) is 1.72. The van der Waals surface area contributed by atoms with Gasteiger partial charge in [0.05, 0.1) is 0 Å². The van der Waals surface area contributed by atoms with E-state index in [-0.39, 0.29) is 18.2 Å². The van der Waals surface area contributed by atoms with Crippen LogP contribution in [0.15, 0.2) is 0 Å². The van der Waals surface area contributed by atoms with Crippen LogP contribution in [0, 0.1) is 0 Å². The van der Waals surface area contributed by atoms with E-state index in [1.54, 1.807) is 4.90 Å². The van der Waals surface area contributed by atoms with Crippen molar-refractivity contribution in [1.29, 1.82) is 0 Å². The Morgan fingerprint density at radius 1 is 1.07 bits per heavy atom. The van der Waals surface area contributed by atoms with Crippen LogP contribution in [-0.4, -0.2) is 28.7 Å². The van der Waals surface area contributed by atoms with Crippen LogP contribution >= 0.6 is 0 Å². The number of hydrogen-bond acceptors (Lipinski definition) is 2. The summed E-state index contributed by atoms with van der Waals surface area (Å²) >= 11 is 0. The SMILES string of the molecule is CC(C)N(C(=O)OC(C)(C)C)C(C)C. The molecule has 0 unspecified atom stereocenters. The highest BCUT2D eigenvalue weighted by molar-refractivity contribution is 5.68. The molecule has 3 heteroatoms. The minimum atomic E-state index is -0.418. The quantitative estimate of drug-likeness (QED) is 0.687. The lowest BCUT2D eigenvalue weighted by atomic mass is 10.2. The molecule has 0 aromatic heterocycles. The standard InChI is InChI=1S/C11H23NO2/c1-8(2)12(9(3)4)10(13)14-11(5,6)7/h8-9H,1-7H3. The molecule has 0 aliphatic carbocycles. The Morgan fingerprint density at radius 3 is 1.64 bits per heavy atom. The van der Waals surface area contributed by atoms with Crippen molar-refractivity contribution in [3.63, 3.8) is 0 Å². The molecule has 0 radical (unpaired) electrons. The molecular weight excluding hydrogens is 178 g/mol. The van der Waals surface area contributed by atoms with E-state index in [1.807, 2.05) is 48.5 Å². The smallest absolute Gasteiger partial charge is 0.410 e. The number of nitrogens with zero attached hydrogens (tertiary/aromatic N) is 1. The van der Waals surface area contributed by atoms with Crippen molar-refractivity contribution >= 4 is 6.09 Å². The molecule has 14 heavy (non-hydrogen) atoms. The van der Waals surface area contributed by atoms with Gasteiger partial charge in [-0.05, 0) is 48.5 Å². The fourth-order valence-corrected chi connectivity index (χ4v) is 1.33. The van der Waals surface area contributed by atoms with Crippen LogP contribution in [0.5, 0.6) is 0 Å². The zero-order valence-corrected chi connectivity index (χ0v) is 10.4. The van der Waals surface area contributed by atoms with Gasteiger partial charge in [0.2, 0.25) is 0 Å². The van der Waals surface area contributed by atoms with Gasteiger partial charge in [-0.1, -0.05) is 0 Å². The van der Waals surface area contributed by atoms with Crippen molar-refractivity contribution in [2.75, 3.05) is 0 Å². The van der Waals surface area contributed by atoms with Gasteiger partial charge in [0, 0.05) is 12.1 Å². The summed E-state index contributed by atoms with van der Waals surface area (Å²) in [5.74, 6) is 0. The van der Waals surface area contributed by atoms with Gasteiger partial charge in [-0.15, -0.1) is 0 Å². The summed E-state index contributed by atoms with van der Waals surface area (Å²) in [7, 11) is 0. The lowest BCUT2D eigenvalue weighted by molar-refractivity contribution is 0.0122. The van der Waals surface area contributed by atoms with Crippen LogP contribution in [-0.2, 0) is 4.74 Å². The second kappa shape index (κ2) is 4.67. The van der Waals surface area contributed by atoms with Crippen LogP contribution in [0.25, 0.3) is 0 Å². The van der Waals surface area contributed by atoms with Gasteiger partial charge in [0.1, 0.15) is 5.60 Å². The fraction of sp³-hybridized carbons (Fsp3) is 0.909. The van der Waals surface area contributed by atoms with Crippen LogP contribution in [0.1, 0.15) is 48.5 Å².